The van der Waals surface area contributed by atoms with Gasteiger partial charge >= 0.3 is 0 Å². The molecule has 0 saturated carbocycles. The normalized spacial score (nSPS) is 20.4. The van der Waals surface area contributed by atoms with Crippen LogP contribution in [-0.4, -0.2) is 40.1 Å². The number of aromatic nitrogens is 3. The molecule has 0 aromatic carbocycles. The molecule has 6 nitrogen and oxygen atoms in total. The Kier molecular flexibility index (Phi) is 4.01. The van der Waals surface area contributed by atoms with E-state index in [4.69, 9.17) is 17.3 Å². The van der Waals surface area contributed by atoms with Gasteiger partial charge in [0.1, 0.15) is 5.65 Å². The maximum absolute atomic E-state index is 6.66. The summed E-state index contributed by atoms with van der Waals surface area (Å²) in [5.41, 5.74) is 10.3. The summed E-state index contributed by atoms with van der Waals surface area (Å²) < 4.78 is 0. The van der Waals surface area contributed by atoms with Crippen molar-refractivity contribution in [2.24, 2.45) is 5.73 Å². The monoisotopic (exact) mass is 356 g/mol. The van der Waals surface area contributed by atoms with Crippen molar-refractivity contribution in [2.45, 2.75) is 18.9 Å². The second-order valence-electron chi connectivity index (χ2n) is 6.71. The van der Waals surface area contributed by atoms with E-state index in [1.807, 2.05) is 25.1 Å². The lowest BCUT2D eigenvalue weighted by Crippen LogP contribution is -2.48. The largest absolute Gasteiger partial charge is 0.382 e. The summed E-state index contributed by atoms with van der Waals surface area (Å²) in [4.78, 5) is 14.0. The Hall–Kier alpha value is -2.31. The molecule has 1 saturated heterocycles. The summed E-state index contributed by atoms with van der Waals surface area (Å²) in [6.45, 7) is 4.35. The molecular weight excluding hydrogens is 336 g/mol. The molecule has 0 radical (unpaired) electrons. The first-order valence-electron chi connectivity index (χ1n) is 8.37. The summed E-state index contributed by atoms with van der Waals surface area (Å²) in [5, 5.41) is 5.11. The summed E-state index contributed by atoms with van der Waals surface area (Å²) in [7, 11) is 0. The number of fused-ring (bicyclic) bond motifs is 1. The highest BCUT2D eigenvalue weighted by Gasteiger charge is 2.35. The fraction of sp³-hybridized carbons (Fsp3) is 0.333. The van der Waals surface area contributed by atoms with Crippen LogP contribution in [0.15, 0.2) is 36.8 Å². The van der Waals surface area contributed by atoms with Crippen molar-refractivity contribution < 1.29 is 0 Å². The molecule has 1 atom stereocenters. The van der Waals surface area contributed by atoms with Gasteiger partial charge in [0.05, 0.1) is 33.0 Å². The van der Waals surface area contributed by atoms with Crippen LogP contribution in [0.3, 0.4) is 0 Å². The Morgan fingerprint density at radius 2 is 2.24 bits per heavy atom. The Bertz CT molecular complexity index is 907. The first-order valence-corrected chi connectivity index (χ1v) is 8.74. The number of nitrogens with zero attached hydrogens (tertiary/aromatic N) is 3. The number of halogens is 1. The number of nitrogens with two attached hydrogens (primary N) is 1. The Labute approximate surface area is 151 Å². The van der Waals surface area contributed by atoms with Gasteiger partial charge in [-0.05, 0) is 31.5 Å². The number of hydrogen-bond acceptors (Lipinski definition) is 5. The van der Waals surface area contributed by atoms with Crippen molar-refractivity contribution >= 4 is 34.0 Å². The van der Waals surface area contributed by atoms with E-state index in [9.17, 15) is 0 Å². The van der Waals surface area contributed by atoms with Crippen molar-refractivity contribution in [1.82, 2.24) is 15.0 Å². The van der Waals surface area contributed by atoms with Crippen LogP contribution < -0.4 is 16.0 Å². The molecule has 1 aliphatic heterocycles. The molecule has 3 aromatic heterocycles. The molecule has 4 heterocycles. The van der Waals surface area contributed by atoms with E-state index in [1.165, 1.54) is 0 Å². The van der Waals surface area contributed by atoms with Gasteiger partial charge in [0.15, 0.2) is 0 Å². The molecule has 4 rings (SSSR count). The van der Waals surface area contributed by atoms with E-state index in [-0.39, 0.29) is 5.54 Å². The molecule has 0 aliphatic carbocycles. The molecule has 1 unspecified atom stereocenters. The predicted molar refractivity (Wildman–Crippen MR) is 102 cm³/mol. The zero-order valence-electron chi connectivity index (χ0n) is 14.1. The van der Waals surface area contributed by atoms with E-state index < -0.39 is 0 Å². The van der Waals surface area contributed by atoms with Crippen molar-refractivity contribution in [3.63, 3.8) is 0 Å². The highest BCUT2D eigenvalue weighted by molar-refractivity contribution is 6.36. The van der Waals surface area contributed by atoms with Gasteiger partial charge in [0.25, 0.3) is 0 Å². The summed E-state index contributed by atoms with van der Waals surface area (Å²) >= 11 is 6.34. The number of aromatic amines is 1. The minimum absolute atomic E-state index is 0.305. The number of hydrogen-bond donors (Lipinski definition) is 3. The Balaban J connectivity index is 1.52. The maximum Gasteiger partial charge on any atom is 0.140 e. The quantitative estimate of drug-likeness (QED) is 0.669. The zero-order chi connectivity index (χ0) is 17.4. The molecule has 0 bridgehead atoms. The molecule has 25 heavy (non-hydrogen) atoms. The van der Waals surface area contributed by atoms with Gasteiger partial charge in [-0.3, -0.25) is 4.98 Å². The van der Waals surface area contributed by atoms with Gasteiger partial charge in [0, 0.05) is 38.2 Å². The van der Waals surface area contributed by atoms with Crippen LogP contribution in [0.4, 0.5) is 11.4 Å². The third-order valence-corrected chi connectivity index (χ3v) is 5.17. The summed E-state index contributed by atoms with van der Waals surface area (Å²) in [6, 6.07) is 5.97. The van der Waals surface area contributed by atoms with E-state index >= 15 is 0 Å². The van der Waals surface area contributed by atoms with Gasteiger partial charge in [-0.1, -0.05) is 11.6 Å². The van der Waals surface area contributed by atoms with Crippen molar-refractivity contribution in [2.75, 3.05) is 29.9 Å². The summed E-state index contributed by atoms with van der Waals surface area (Å²) in [5.74, 6) is 0. The van der Waals surface area contributed by atoms with E-state index in [2.05, 4.69) is 25.2 Å². The van der Waals surface area contributed by atoms with Crippen molar-refractivity contribution in [3.8, 4) is 0 Å². The average Bonchev–Trinajstić information content (AvgIpc) is 3.18. The van der Waals surface area contributed by atoms with E-state index in [0.717, 1.165) is 47.6 Å². The van der Waals surface area contributed by atoms with E-state index in [1.54, 1.807) is 18.6 Å². The standard InChI is InChI=1S/C18H21ClN6/c1-12-14(3-2-6-21-12)24-10-18(20)5-8-25(11-18)15-4-7-22-17-16(15)13(19)9-23-17/h2-4,6-7,9,24H,5,8,10-11,20H2,1H3,(H,22,23). The smallest absolute Gasteiger partial charge is 0.140 e. The zero-order valence-corrected chi connectivity index (χ0v) is 14.8. The van der Waals surface area contributed by atoms with Crippen molar-refractivity contribution in [3.05, 3.63) is 47.5 Å². The lowest BCUT2D eigenvalue weighted by molar-refractivity contribution is 0.499. The summed E-state index contributed by atoms with van der Waals surface area (Å²) in [6.07, 6.45) is 6.29. The molecule has 4 N–H and O–H groups in total. The SMILES string of the molecule is Cc1ncccc1NCC1(N)CCN(c2ccnc3[nH]cc(Cl)c23)C1. The second kappa shape index (κ2) is 6.20. The lowest BCUT2D eigenvalue weighted by Gasteiger charge is -2.27. The number of aryl methyl sites for hydroxylation is 1. The molecule has 1 aliphatic rings. The average molecular weight is 357 g/mol. The second-order valence-corrected chi connectivity index (χ2v) is 7.12. The number of pyridine rings is 2. The van der Waals surface area contributed by atoms with Gasteiger partial charge in [0.2, 0.25) is 0 Å². The maximum atomic E-state index is 6.66. The third kappa shape index (κ3) is 3.03. The molecule has 1 fully saturated rings. The highest BCUT2D eigenvalue weighted by Crippen LogP contribution is 2.34. The first kappa shape index (κ1) is 16.2. The van der Waals surface area contributed by atoms with Gasteiger partial charge in [-0.15, -0.1) is 0 Å². The molecule has 7 heteroatoms. The third-order valence-electron chi connectivity index (χ3n) is 4.87. The fourth-order valence-corrected chi connectivity index (χ4v) is 3.69. The molecular formula is C18H21ClN6. The van der Waals surface area contributed by atoms with Crippen LogP contribution in [0.25, 0.3) is 11.0 Å². The van der Waals surface area contributed by atoms with Gasteiger partial charge in [-0.2, -0.15) is 0 Å². The Morgan fingerprint density at radius 3 is 3.08 bits per heavy atom. The number of anilines is 2. The molecule has 0 spiro atoms. The van der Waals surface area contributed by atoms with Crippen LogP contribution in [0, 0.1) is 6.92 Å². The Morgan fingerprint density at radius 1 is 1.36 bits per heavy atom. The van der Waals surface area contributed by atoms with Crippen LogP contribution in [0.2, 0.25) is 5.02 Å². The molecule has 3 aromatic rings. The molecule has 130 valence electrons. The predicted octanol–water partition coefficient (Wildman–Crippen LogP) is 2.94. The van der Waals surface area contributed by atoms with E-state index in [0.29, 0.717) is 11.6 Å². The van der Waals surface area contributed by atoms with Gasteiger partial charge < -0.3 is 20.9 Å². The number of rotatable bonds is 4. The topological polar surface area (TPSA) is 82.9 Å². The highest BCUT2D eigenvalue weighted by atomic mass is 35.5. The minimum atomic E-state index is -0.305. The van der Waals surface area contributed by atoms with Crippen LogP contribution >= 0.6 is 11.6 Å². The first-order chi connectivity index (χ1) is 12.1. The number of nitrogens with one attached hydrogen (secondary N) is 2. The van der Waals surface area contributed by atoms with Crippen molar-refractivity contribution in [1.29, 1.82) is 0 Å². The lowest BCUT2D eigenvalue weighted by atomic mass is 10.00. The fourth-order valence-electron chi connectivity index (χ4n) is 3.45. The van der Waals surface area contributed by atoms with Crippen LogP contribution in [0.1, 0.15) is 12.1 Å². The van der Waals surface area contributed by atoms with Crippen LogP contribution in [0.5, 0.6) is 0 Å². The van der Waals surface area contributed by atoms with Gasteiger partial charge in [-0.25, -0.2) is 4.98 Å². The minimum Gasteiger partial charge on any atom is -0.382 e. The number of H-pyrrole nitrogens is 1. The molecule has 0 amide bonds. The van der Waals surface area contributed by atoms with Crippen LogP contribution in [-0.2, 0) is 0 Å².